The molecule has 0 aliphatic carbocycles. The zero-order chi connectivity index (χ0) is 18.0. The van der Waals surface area contributed by atoms with Crippen molar-refractivity contribution in [2.45, 2.75) is 13.3 Å². The molecule has 2 N–H and O–H groups in total. The van der Waals surface area contributed by atoms with E-state index in [9.17, 15) is 9.18 Å². The third-order valence-electron chi connectivity index (χ3n) is 4.29. The summed E-state index contributed by atoms with van der Waals surface area (Å²) in [5.41, 5.74) is 4.64. The largest absolute Gasteiger partial charge is 0.358 e. The highest BCUT2D eigenvalue weighted by Crippen LogP contribution is 2.26. The Kier molecular flexibility index (Phi) is 4.86. The number of carbonyl (C=O) groups excluding carboxylic acids is 1. The summed E-state index contributed by atoms with van der Waals surface area (Å²) < 4.78 is 13.0. The molecule has 1 aromatic heterocycles. The Labute approximate surface area is 146 Å². The van der Waals surface area contributed by atoms with Gasteiger partial charge in [-0.1, -0.05) is 0 Å². The van der Waals surface area contributed by atoms with Crippen molar-refractivity contribution >= 4 is 22.5 Å². The fraction of sp³-hybridized carbons (Fsp3) is 0.250. The van der Waals surface area contributed by atoms with Crippen molar-refractivity contribution in [1.82, 2.24) is 9.88 Å². The van der Waals surface area contributed by atoms with Crippen LogP contribution in [0, 0.1) is 12.7 Å². The molecule has 4 nitrogen and oxygen atoms in total. The Morgan fingerprint density at radius 3 is 2.56 bits per heavy atom. The van der Waals surface area contributed by atoms with E-state index in [0.29, 0.717) is 5.56 Å². The lowest BCUT2D eigenvalue weighted by Gasteiger charge is -2.10. The molecule has 0 radical (unpaired) electrons. The van der Waals surface area contributed by atoms with Gasteiger partial charge in [-0.25, -0.2) is 4.39 Å². The van der Waals surface area contributed by atoms with Crippen molar-refractivity contribution in [3.05, 3.63) is 65.1 Å². The number of amides is 1. The Balaban J connectivity index is 1.85. The van der Waals surface area contributed by atoms with Crippen molar-refractivity contribution in [3.63, 3.8) is 0 Å². The zero-order valence-corrected chi connectivity index (χ0v) is 14.7. The highest BCUT2D eigenvalue weighted by Gasteiger charge is 2.11. The number of hydrogen-bond acceptors (Lipinski definition) is 2. The first kappa shape index (κ1) is 17.2. The van der Waals surface area contributed by atoms with E-state index < -0.39 is 0 Å². The van der Waals surface area contributed by atoms with Gasteiger partial charge in [0.2, 0.25) is 0 Å². The summed E-state index contributed by atoms with van der Waals surface area (Å²) >= 11 is 0. The van der Waals surface area contributed by atoms with Crippen molar-refractivity contribution < 1.29 is 9.18 Å². The Hall–Kier alpha value is -2.66. The molecule has 0 spiro atoms. The molecule has 0 saturated carbocycles. The van der Waals surface area contributed by atoms with Gasteiger partial charge in [0.25, 0.3) is 5.91 Å². The molecule has 130 valence electrons. The van der Waals surface area contributed by atoms with Gasteiger partial charge >= 0.3 is 0 Å². The second-order valence-electron chi connectivity index (χ2n) is 6.50. The number of aryl methyl sites for hydroxylation is 1. The van der Waals surface area contributed by atoms with Gasteiger partial charge in [0, 0.05) is 34.4 Å². The second-order valence-corrected chi connectivity index (χ2v) is 6.50. The zero-order valence-electron chi connectivity index (χ0n) is 14.7. The van der Waals surface area contributed by atoms with E-state index in [1.54, 1.807) is 0 Å². The van der Waals surface area contributed by atoms with Crippen LogP contribution in [0.4, 0.5) is 10.1 Å². The lowest BCUT2D eigenvalue weighted by molar-refractivity contribution is 0.102. The number of anilines is 1. The summed E-state index contributed by atoms with van der Waals surface area (Å²) in [6, 6.07) is 11.4. The number of benzene rings is 2. The summed E-state index contributed by atoms with van der Waals surface area (Å²) in [5.74, 6) is -0.604. The average Bonchev–Trinajstić information content (AvgIpc) is 2.88. The van der Waals surface area contributed by atoms with E-state index in [1.165, 1.54) is 29.8 Å². The number of H-pyrrole nitrogens is 1. The van der Waals surface area contributed by atoms with Crippen LogP contribution in [0.25, 0.3) is 10.9 Å². The number of carbonyl (C=O) groups is 1. The Morgan fingerprint density at radius 1 is 1.16 bits per heavy atom. The molecule has 1 amide bonds. The summed E-state index contributed by atoms with van der Waals surface area (Å²) in [6.07, 6.45) is 0.939. The third kappa shape index (κ3) is 3.88. The van der Waals surface area contributed by atoms with Crippen LogP contribution in [0.1, 0.15) is 21.6 Å². The van der Waals surface area contributed by atoms with Crippen LogP contribution in [-0.2, 0) is 6.42 Å². The van der Waals surface area contributed by atoms with E-state index in [1.807, 2.05) is 18.2 Å². The van der Waals surface area contributed by atoms with Crippen molar-refractivity contribution in [1.29, 1.82) is 0 Å². The quantitative estimate of drug-likeness (QED) is 0.739. The van der Waals surface area contributed by atoms with Gasteiger partial charge in [0.05, 0.1) is 0 Å². The van der Waals surface area contributed by atoms with E-state index in [-0.39, 0.29) is 11.7 Å². The number of aromatic nitrogens is 1. The highest BCUT2D eigenvalue weighted by atomic mass is 19.1. The lowest BCUT2D eigenvalue weighted by Crippen LogP contribution is -2.15. The summed E-state index contributed by atoms with van der Waals surface area (Å²) in [7, 11) is 4.11. The molecular formula is C20H22FN3O. The van der Waals surface area contributed by atoms with Crippen LogP contribution in [0.2, 0.25) is 0 Å². The van der Waals surface area contributed by atoms with Crippen LogP contribution in [-0.4, -0.2) is 36.4 Å². The fourth-order valence-electron chi connectivity index (χ4n) is 2.92. The monoisotopic (exact) mass is 339 g/mol. The number of nitrogens with one attached hydrogen (secondary N) is 2. The lowest BCUT2D eigenvalue weighted by atomic mass is 10.1. The van der Waals surface area contributed by atoms with E-state index >= 15 is 0 Å². The van der Waals surface area contributed by atoms with Gasteiger partial charge < -0.3 is 15.2 Å². The van der Waals surface area contributed by atoms with Gasteiger partial charge in [0.15, 0.2) is 0 Å². The maximum Gasteiger partial charge on any atom is 0.255 e. The number of hydrogen-bond donors (Lipinski definition) is 2. The maximum absolute atomic E-state index is 13.0. The van der Waals surface area contributed by atoms with Crippen LogP contribution in [0.15, 0.2) is 42.5 Å². The van der Waals surface area contributed by atoms with Gasteiger partial charge in [-0.2, -0.15) is 0 Å². The first-order chi connectivity index (χ1) is 11.9. The Morgan fingerprint density at radius 2 is 1.88 bits per heavy atom. The molecule has 0 bridgehead atoms. The normalized spacial score (nSPS) is 11.2. The van der Waals surface area contributed by atoms with E-state index in [4.69, 9.17) is 0 Å². The molecular weight excluding hydrogens is 317 g/mol. The molecule has 3 rings (SSSR count). The summed E-state index contributed by atoms with van der Waals surface area (Å²) in [6.45, 7) is 3.03. The molecule has 0 fully saturated rings. The average molecular weight is 339 g/mol. The molecule has 2 aromatic carbocycles. The molecule has 1 heterocycles. The molecule has 25 heavy (non-hydrogen) atoms. The van der Waals surface area contributed by atoms with E-state index in [0.717, 1.165) is 35.2 Å². The number of aromatic amines is 1. The molecule has 0 atom stereocenters. The van der Waals surface area contributed by atoms with Crippen LogP contribution >= 0.6 is 0 Å². The molecule has 0 unspecified atom stereocenters. The number of likely N-dealkylation sites (N-methyl/N-ethyl adjacent to an activating group) is 1. The minimum Gasteiger partial charge on any atom is -0.358 e. The first-order valence-electron chi connectivity index (χ1n) is 8.27. The second kappa shape index (κ2) is 7.07. The van der Waals surface area contributed by atoms with Crippen LogP contribution in [0.3, 0.4) is 0 Å². The third-order valence-corrected chi connectivity index (χ3v) is 4.29. The van der Waals surface area contributed by atoms with Crippen molar-refractivity contribution in [3.8, 4) is 0 Å². The smallest absolute Gasteiger partial charge is 0.255 e. The van der Waals surface area contributed by atoms with Crippen molar-refractivity contribution in [2.75, 3.05) is 26.0 Å². The number of rotatable bonds is 5. The summed E-state index contributed by atoms with van der Waals surface area (Å²) in [4.78, 5) is 17.9. The summed E-state index contributed by atoms with van der Waals surface area (Å²) in [5, 5.41) is 4.01. The minimum absolute atomic E-state index is 0.249. The van der Waals surface area contributed by atoms with Gasteiger partial charge in [-0.3, -0.25) is 4.79 Å². The van der Waals surface area contributed by atoms with E-state index in [2.05, 4.69) is 36.2 Å². The topological polar surface area (TPSA) is 48.1 Å². The van der Waals surface area contributed by atoms with Crippen LogP contribution in [0.5, 0.6) is 0 Å². The molecule has 5 heteroatoms. The van der Waals surface area contributed by atoms with Gasteiger partial charge in [0.1, 0.15) is 5.82 Å². The minimum atomic E-state index is -0.355. The number of fused-ring (bicyclic) bond motifs is 1. The fourth-order valence-corrected chi connectivity index (χ4v) is 2.92. The van der Waals surface area contributed by atoms with Gasteiger partial charge in [-0.05, 0) is 75.5 Å². The molecule has 0 aliphatic rings. The Bertz CT molecular complexity index is 897. The maximum atomic E-state index is 13.0. The number of nitrogens with zero attached hydrogens (tertiary/aromatic N) is 1. The van der Waals surface area contributed by atoms with Gasteiger partial charge in [-0.15, -0.1) is 0 Å². The first-order valence-corrected chi connectivity index (χ1v) is 8.27. The standard InChI is InChI=1S/C20H22FN3O/c1-13-17(10-11-24(2)3)18-12-16(8-9-19(18)22-13)23-20(25)14-4-6-15(21)7-5-14/h4-9,12,22H,10-11H2,1-3H3,(H,23,25). The predicted molar refractivity (Wildman–Crippen MR) is 99.6 cm³/mol. The number of halogens is 1. The SMILES string of the molecule is Cc1[nH]c2ccc(NC(=O)c3ccc(F)cc3)cc2c1CCN(C)C. The molecule has 0 aliphatic heterocycles. The predicted octanol–water partition coefficient (Wildman–Crippen LogP) is 3.97. The van der Waals surface area contributed by atoms with Crippen molar-refractivity contribution in [2.24, 2.45) is 0 Å². The van der Waals surface area contributed by atoms with Crippen LogP contribution < -0.4 is 5.32 Å². The molecule has 3 aromatic rings. The highest BCUT2D eigenvalue weighted by molar-refractivity contribution is 6.05. The molecule has 0 saturated heterocycles.